The molecule has 146 valence electrons. The molecule has 0 fully saturated rings. The number of nitrogens with zero attached hydrogens (tertiary/aromatic N) is 3. The largest absolute Gasteiger partial charge is 0.306 e. The van der Waals surface area contributed by atoms with Crippen LogP contribution in [0.1, 0.15) is 16.1 Å². The van der Waals surface area contributed by atoms with Crippen LogP contribution in [0.5, 0.6) is 0 Å². The van der Waals surface area contributed by atoms with E-state index in [0.29, 0.717) is 11.4 Å². The zero-order chi connectivity index (χ0) is 20.5. The summed E-state index contributed by atoms with van der Waals surface area (Å²) < 4.78 is 2.77. The smallest absolute Gasteiger partial charge is 0.256 e. The van der Waals surface area contributed by atoms with E-state index in [-0.39, 0.29) is 5.91 Å². The second-order valence-electron chi connectivity index (χ2n) is 6.94. The zero-order valence-corrected chi connectivity index (χ0v) is 17.1. The Morgan fingerprint density at radius 2 is 1.60 bits per heavy atom. The molecule has 0 aliphatic carbocycles. The molecule has 0 unspecified atom stereocenters. The van der Waals surface area contributed by atoms with Crippen LogP contribution in [0.3, 0.4) is 0 Å². The molecule has 0 aliphatic heterocycles. The standard InChI is InChI=1S/C24H18N4OS/c1-16-15-22(28(27-16)24-25-20-9-5-6-10-21(20)30-24)26-23(29)19-13-11-18(12-14-19)17-7-3-2-4-8-17/h2-15H,1H3,(H,26,29). The van der Waals surface area contributed by atoms with Gasteiger partial charge in [-0.15, -0.1) is 0 Å². The summed E-state index contributed by atoms with van der Waals surface area (Å²) in [7, 11) is 0. The summed E-state index contributed by atoms with van der Waals surface area (Å²) in [5.74, 6) is 0.417. The molecule has 0 spiro atoms. The van der Waals surface area contributed by atoms with Crippen molar-refractivity contribution in [3.05, 3.63) is 96.2 Å². The van der Waals surface area contributed by atoms with Crippen LogP contribution in [-0.2, 0) is 0 Å². The number of carbonyl (C=O) groups is 1. The predicted octanol–water partition coefficient (Wildman–Crippen LogP) is 5.71. The van der Waals surface area contributed by atoms with Gasteiger partial charge < -0.3 is 5.32 Å². The number of benzene rings is 3. The second kappa shape index (κ2) is 7.57. The third kappa shape index (κ3) is 3.49. The summed E-state index contributed by atoms with van der Waals surface area (Å²) in [6, 6.07) is 27.5. The van der Waals surface area contributed by atoms with Crippen molar-refractivity contribution < 1.29 is 4.79 Å². The topological polar surface area (TPSA) is 59.8 Å². The molecule has 5 rings (SSSR count). The van der Waals surface area contributed by atoms with Crippen molar-refractivity contribution in [2.45, 2.75) is 6.92 Å². The first-order chi connectivity index (χ1) is 14.7. The highest BCUT2D eigenvalue weighted by atomic mass is 32.1. The number of amides is 1. The average molecular weight is 411 g/mol. The Bertz CT molecular complexity index is 1300. The maximum absolute atomic E-state index is 12.9. The van der Waals surface area contributed by atoms with Crippen LogP contribution in [0, 0.1) is 6.92 Å². The lowest BCUT2D eigenvalue weighted by Gasteiger charge is -2.07. The Morgan fingerprint density at radius 1 is 0.900 bits per heavy atom. The highest BCUT2D eigenvalue weighted by molar-refractivity contribution is 7.20. The van der Waals surface area contributed by atoms with E-state index in [0.717, 1.165) is 32.2 Å². The van der Waals surface area contributed by atoms with Crippen LogP contribution in [0.2, 0.25) is 0 Å². The first-order valence-corrected chi connectivity index (χ1v) is 10.4. The summed E-state index contributed by atoms with van der Waals surface area (Å²) in [6.45, 7) is 1.90. The van der Waals surface area contributed by atoms with Gasteiger partial charge in [0, 0.05) is 11.6 Å². The molecule has 5 aromatic rings. The predicted molar refractivity (Wildman–Crippen MR) is 121 cm³/mol. The fourth-order valence-corrected chi connectivity index (χ4v) is 4.25. The molecule has 0 saturated heterocycles. The number of hydrogen-bond donors (Lipinski definition) is 1. The molecule has 30 heavy (non-hydrogen) atoms. The lowest BCUT2D eigenvalue weighted by molar-refractivity contribution is 0.102. The summed E-state index contributed by atoms with van der Waals surface area (Å²) in [5, 5.41) is 8.23. The number of nitrogens with one attached hydrogen (secondary N) is 1. The highest BCUT2D eigenvalue weighted by Crippen LogP contribution is 2.27. The number of rotatable bonds is 4. The van der Waals surface area contributed by atoms with E-state index in [2.05, 4.69) is 27.5 Å². The molecule has 6 heteroatoms. The van der Waals surface area contributed by atoms with Gasteiger partial charge in [0.1, 0.15) is 5.82 Å². The monoisotopic (exact) mass is 410 g/mol. The molecule has 2 aromatic heterocycles. The minimum atomic E-state index is -0.183. The summed E-state index contributed by atoms with van der Waals surface area (Å²) in [6.07, 6.45) is 0. The van der Waals surface area contributed by atoms with Gasteiger partial charge in [-0.3, -0.25) is 4.79 Å². The van der Waals surface area contributed by atoms with Crippen molar-refractivity contribution >= 4 is 33.3 Å². The number of fused-ring (bicyclic) bond motifs is 1. The molecule has 0 aliphatic rings. The summed E-state index contributed by atoms with van der Waals surface area (Å²) >= 11 is 1.54. The molecule has 0 atom stereocenters. The van der Waals surface area contributed by atoms with E-state index >= 15 is 0 Å². The number of anilines is 1. The first kappa shape index (κ1) is 18.3. The highest BCUT2D eigenvalue weighted by Gasteiger charge is 2.15. The average Bonchev–Trinajstić information content (AvgIpc) is 3.37. The van der Waals surface area contributed by atoms with Gasteiger partial charge >= 0.3 is 0 Å². The van der Waals surface area contributed by atoms with Crippen molar-refractivity contribution in [1.82, 2.24) is 14.8 Å². The van der Waals surface area contributed by atoms with E-state index in [1.54, 1.807) is 4.68 Å². The molecule has 0 bridgehead atoms. The lowest BCUT2D eigenvalue weighted by Crippen LogP contribution is -2.15. The Labute approximate surface area is 177 Å². The van der Waals surface area contributed by atoms with Gasteiger partial charge in [-0.25, -0.2) is 4.98 Å². The molecule has 1 amide bonds. The summed E-state index contributed by atoms with van der Waals surface area (Å²) in [4.78, 5) is 17.5. The Morgan fingerprint density at radius 3 is 2.37 bits per heavy atom. The van der Waals surface area contributed by atoms with Crippen LogP contribution >= 0.6 is 11.3 Å². The van der Waals surface area contributed by atoms with Gasteiger partial charge in [0.05, 0.1) is 15.9 Å². The number of para-hydroxylation sites is 1. The van der Waals surface area contributed by atoms with E-state index in [1.807, 2.05) is 79.7 Å². The van der Waals surface area contributed by atoms with Gasteiger partial charge in [-0.2, -0.15) is 9.78 Å². The third-order valence-electron chi connectivity index (χ3n) is 4.79. The maximum atomic E-state index is 12.9. The first-order valence-electron chi connectivity index (χ1n) is 9.57. The molecular formula is C24H18N4OS. The van der Waals surface area contributed by atoms with E-state index in [1.165, 1.54) is 11.3 Å². The number of aromatic nitrogens is 3. The van der Waals surface area contributed by atoms with Crippen LogP contribution < -0.4 is 5.32 Å². The minimum Gasteiger partial charge on any atom is -0.306 e. The minimum absolute atomic E-state index is 0.183. The van der Waals surface area contributed by atoms with Crippen molar-refractivity contribution in [3.63, 3.8) is 0 Å². The van der Waals surface area contributed by atoms with Crippen molar-refractivity contribution in [1.29, 1.82) is 0 Å². The molecule has 0 radical (unpaired) electrons. The van der Waals surface area contributed by atoms with Crippen LogP contribution in [-0.4, -0.2) is 20.7 Å². The van der Waals surface area contributed by atoms with Crippen molar-refractivity contribution in [2.75, 3.05) is 5.32 Å². The van der Waals surface area contributed by atoms with Gasteiger partial charge in [0.2, 0.25) is 5.13 Å². The van der Waals surface area contributed by atoms with Crippen molar-refractivity contribution in [3.8, 4) is 16.3 Å². The van der Waals surface area contributed by atoms with Gasteiger partial charge in [0.25, 0.3) is 5.91 Å². The van der Waals surface area contributed by atoms with E-state index in [9.17, 15) is 4.79 Å². The van der Waals surface area contributed by atoms with Gasteiger partial charge in [-0.1, -0.05) is 65.9 Å². The van der Waals surface area contributed by atoms with Crippen LogP contribution in [0.25, 0.3) is 26.5 Å². The van der Waals surface area contributed by atoms with E-state index < -0.39 is 0 Å². The summed E-state index contributed by atoms with van der Waals surface area (Å²) in [5.41, 5.74) is 4.50. The van der Waals surface area contributed by atoms with E-state index in [4.69, 9.17) is 0 Å². The Kier molecular flexibility index (Phi) is 4.61. The van der Waals surface area contributed by atoms with Crippen molar-refractivity contribution in [2.24, 2.45) is 0 Å². The molecule has 2 heterocycles. The molecule has 1 N–H and O–H groups in total. The number of thiazole rings is 1. The third-order valence-corrected chi connectivity index (χ3v) is 5.80. The normalized spacial score (nSPS) is 11.0. The second-order valence-corrected chi connectivity index (χ2v) is 7.95. The Hall–Kier alpha value is -3.77. The molecular weight excluding hydrogens is 392 g/mol. The quantitative estimate of drug-likeness (QED) is 0.413. The van der Waals surface area contributed by atoms with Gasteiger partial charge in [0.15, 0.2) is 0 Å². The fourth-order valence-electron chi connectivity index (χ4n) is 3.32. The van der Waals surface area contributed by atoms with Crippen LogP contribution in [0.15, 0.2) is 84.9 Å². The number of hydrogen-bond acceptors (Lipinski definition) is 4. The fraction of sp³-hybridized carbons (Fsp3) is 0.0417. The van der Waals surface area contributed by atoms with Crippen LogP contribution in [0.4, 0.5) is 5.82 Å². The Balaban J connectivity index is 1.41. The number of carbonyl (C=O) groups excluding carboxylic acids is 1. The molecule has 0 saturated carbocycles. The molecule has 3 aromatic carbocycles. The van der Waals surface area contributed by atoms with Gasteiger partial charge in [-0.05, 0) is 42.3 Å². The zero-order valence-electron chi connectivity index (χ0n) is 16.2. The molecule has 5 nitrogen and oxygen atoms in total. The lowest BCUT2D eigenvalue weighted by atomic mass is 10.0. The maximum Gasteiger partial charge on any atom is 0.256 e. The number of aryl methyl sites for hydroxylation is 1. The SMILES string of the molecule is Cc1cc(NC(=O)c2ccc(-c3ccccc3)cc2)n(-c2nc3ccccc3s2)n1.